The topological polar surface area (TPSA) is 151 Å². The van der Waals surface area contributed by atoms with Gasteiger partial charge in [-0.3, -0.25) is 9.59 Å². The van der Waals surface area contributed by atoms with Gasteiger partial charge in [0.25, 0.3) is 0 Å². The Labute approximate surface area is 208 Å². The number of carbonyl (C=O) groups is 2. The van der Waals surface area contributed by atoms with Gasteiger partial charge in [0.15, 0.2) is 5.65 Å². The molecule has 0 radical (unpaired) electrons. The Bertz CT molecular complexity index is 1370. The van der Waals surface area contributed by atoms with Crippen LogP contribution in [0, 0.1) is 0 Å². The molecule has 1 aliphatic rings. The van der Waals surface area contributed by atoms with Crippen LogP contribution in [0.2, 0.25) is 0 Å². The Hall–Kier alpha value is -3.55. The number of esters is 1. The Balaban J connectivity index is 1.60. The van der Waals surface area contributed by atoms with Crippen LogP contribution in [0.15, 0.2) is 47.8 Å². The highest BCUT2D eigenvalue weighted by molar-refractivity contribution is 7.89. The molecular formula is C23H27N5O7S. The molecular weight excluding hydrogens is 490 g/mol. The zero-order chi connectivity index (χ0) is 25.9. The molecule has 4 rings (SSSR count). The molecule has 1 amide bonds. The maximum absolute atomic E-state index is 13.3. The fraction of sp³-hybridized carbons (Fsp3) is 0.391. The SMILES string of the molecule is CCOC1OC(=O)CC1NS(=O)(=O)c1ccc(NC(C)=O)cc1OC(C)Cn1cnc2cccnc21. The molecule has 1 fully saturated rings. The van der Waals surface area contributed by atoms with Crippen molar-refractivity contribution in [1.82, 2.24) is 19.3 Å². The Morgan fingerprint density at radius 2 is 2.11 bits per heavy atom. The number of benzene rings is 1. The lowest BCUT2D eigenvalue weighted by molar-refractivity contribution is -0.163. The van der Waals surface area contributed by atoms with Crippen LogP contribution in [0.3, 0.4) is 0 Å². The first-order chi connectivity index (χ1) is 17.2. The minimum absolute atomic E-state index is 0.0248. The van der Waals surface area contributed by atoms with Crippen LogP contribution in [-0.2, 0) is 35.6 Å². The van der Waals surface area contributed by atoms with Crippen molar-refractivity contribution in [3.05, 3.63) is 42.9 Å². The standard InChI is InChI=1S/C23H27N5O7S/c1-4-33-23-18(11-21(30)35-23)27-36(31,32)20-8-7-16(26-15(3)29)10-19(20)34-14(2)12-28-13-25-17-6-5-9-24-22(17)28/h5-10,13-14,18,23,27H,4,11-12H2,1-3H3,(H,26,29). The second kappa shape index (κ2) is 10.6. The van der Waals surface area contributed by atoms with E-state index in [1.54, 1.807) is 37.0 Å². The number of anilines is 1. The van der Waals surface area contributed by atoms with Crippen LogP contribution in [0.1, 0.15) is 27.2 Å². The predicted molar refractivity (Wildman–Crippen MR) is 129 cm³/mol. The maximum Gasteiger partial charge on any atom is 0.310 e. The summed E-state index contributed by atoms with van der Waals surface area (Å²) in [6, 6.07) is 6.95. The molecule has 3 atom stereocenters. The van der Waals surface area contributed by atoms with E-state index in [1.165, 1.54) is 25.1 Å². The molecule has 0 bridgehead atoms. The molecule has 0 spiro atoms. The number of fused-ring (bicyclic) bond motifs is 1. The molecule has 2 N–H and O–H groups in total. The van der Waals surface area contributed by atoms with Gasteiger partial charge in [0.05, 0.1) is 25.3 Å². The van der Waals surface area contributed by atoms with Crippen molar-refractivity contribution >= 4 is 38.8 Å². The number of amides is 1. The van der Waals surface area contributed by atoms with E-state index in [1.807, 2.05) is 6.07 Å². The van der Waals surface area contributed by atoms with Gasteiger partial charge in [0, 0.05) is 31.5 Å². The van der Waals surface area contributed by atoms with Gasteiger partial charge in [-0.15, -0.1) is 0 Å². The lowest BCUT2D eigenvalue weighted by Crippen LogP contribution is -2.41. The molecule has 1 aromatic carbocycles. The molecule has 1 aliphatic heterocycles. The summed E-state index contributed by atoms with van der Waals surface area (Å²) in [5.41, 5.74) is 1.76. The molecule has 2 aromatic heterocycles. The lowest BCUT2D eigenvalue weighted by atomic mass is 10.2. The Kier molecular flexibility index (Phi) is 7.52. The second-order valence-electron chi connectivity index (χ2n) is 8.26. The van der Waals surface area contributed by atoms with E-state index in [9.17, 15) is 18.0 Å². The van der Waals surface area contributed by atoms with Gasteiger partial charge in [0.2, 0.25) is 22.2 Å². The fourth-order valence-electron chi connectivity index (χ4n) is 3.87. The third-order valence-corrected chi connectivity index (χ3v) is 6.84. The molecule has 13 heteroatoms. The van der Waals surface area contributed by atoms with Gasteiger partial charge in [-0.1, -0.05) is 0 Å². The molecule has 1 saturated heterocycles. The largest absolute Gasteiger partial charge is 0.487 e. The third kappa shape index (κ3) is 5.80. The number of nitrogens with one attached hydrogen (secondary N) is 2. The average Bonchev–Trinajstić information content (AvgIpc) is 3.36. The quantitative estimate of drug-likeness (QED) is 0.384. The van der Waals surface area contributed by atoms with Crippen LogP contribution in [0.5, 0.6) is 5.75 Å². The van der Waals surface area contributed by atoms with Crippen molar-refractivity contribution in [3.8, 4) is 5.75 Å². The number of imidazole rings is 1. The molecule has 12 nitrogen and oxygen atoms in total. The minimum atomic E-state index is -4.17. The highest BCUT2D eigenvalue weighted by atomic mass is 32.2. The van der Waals surface area contributed by atoms with E-state index in [4.69, 9.17) is 14.2 Å². The van der Waals surface area contributed by atoms with Gasteiger partial charge in [-0.05, 0) is 38.1 Å². The average molecular weight is 518 g/mol. The minimum Gasteiger partial charge on any atom is -0.487 e. The molecule has 3 heterocycles. The van der Waals surface area contributed by atoms with Crippen LogP contribution in [0.4, 0.5) is 5.69 Å². The summed E-state index contributed by atoms with van der Waals surface area (Å²) in [6.07, 6.45) is 1.60. The Morgan fingerprint density at radius 1 is 1.31 bits per heavy atom. The molecule has 3 unspecified atom stereocenters. The summed E-state index contributed by atoms with van der Waals surface area (Å²) in [4.78, 5) is 31.8. The summed E-state index contributed by atoms with van der Waals surface area (Å²) < 4.78 is 47.5. The van der Waals surface area contributed by atoms with Gasteiger partial charge >= 0.3 is 5.97 Å². The highest BCUT2D eigenvalue weighted by Crippen LogP contribution is 2.30. The first-order valence-electron chi connectivity index (χ1n) is 11.3. The summed E-state index contributed by atoms with van der Waals surface area (Å²) in [7, 11) is -4.17. The fourth-order valence-corrected chi connectivity index (χ4v) is 5.21. The number of cyclic esters (lactones) is 1. The molecule has 3 aromatic rings. The van der Waals surface area contributed by atoms with Crippen molar-refractivity contribution in [1.29, 1.82) is 0 Å². The van der Waals surface area contributed by atoms with E-state index in [0.29, 0.717) is 17.9 Å². The molecule has 36 heavy (non-hydrogen) atoms. The normalized spacial score (nSPS) is 18.7. The first-order valence-corrected chi connectivity index (χ1v) is 12.8. The first kappa shape index (κ1) is 25.5. The number of aromatic nitrogens is 3. The number of carbonyl (C=O) groups excluding carboxylic acids is 2. The van der Waals surface area contributed by atoms with Crippen LogP contribution in [0.25, 0.3) is 11.2 Å². The maximum atomic E-state index is 13.3. The third-order valence-electron chi connectivity index (χ3n) is 5.31. The van der Waals surface area contributed by atoms with Gasteiger partial charge < -0.3 is 24.1 Å². The summed E-state index contributed by atoms with van der Waals surface area (Å²) in [5.74, 6) is -0.856. The second-order valence-corrected chi connectivity index (χ2v) is 9.94. The van der Waals surface area contributed by atoms with E-state index >= 15 is 0 Å². The van der Waals surface area contributed by atoms with Crippen LogP contribution >= 0.6 is 0 Å². The monoisotopic (exact) mass is 517 g/mol. The van der Waals surface area contributed by atoms with E-state index < -0.39 is 34.4 Å². The van der Waals surface area contributed by atoms with Crippen LogP contribution < -0.4 is 14.8 Å². The van der Waals surface area contributed by atoms with Crippen molar-refractivity contribution in [3.63, 3.8) is 0 Å². The summed E-state index contributed by atoms with van der Waals surface area (Å²) in [5, 5.41) is 2.63. The number of pyridine rings is 1. The summed E-state index contributed by atoms with van der Waals surface area (Å²) >= 11 is 0. The summed E-state index contributed by atoms with van der Waals surface area (Å²) in [6.45, 7) is 5.41. The van der Waals surface area contributed by atoms with Crippen LogP contribution in [-0.4, -0.2) is 59.9 Å². The van der Waals surface area contributed by atoms with Gasteiger partial charge in [-0.2, -0.15) is 0 Å². The number of rotatable bonds is 10. The van der Waals surface area contributed by atoms with Crippen molar-refractivity contribution in [2.75, 3.05) is 11.9 Å². The van der Waals surface area contributed by atoms with Gasteiger partial charge in [-0.25, -0.2) is 23.1 Å². The van der Waals surface area contributed by atoms with E-state index in [2.05, 4.69) is 20.0 Å². The lowest BCUT2D eigenvalue weighted by Gasteiger charge is -2.22. The predicted octanol–water partition coefficient (Wildman–Crippen LogP) is 1.81. The van der Waals surface area contributed by atoms with Crippen molar-refractivity contribution in [2.45, 2.75) is 57.1 Å². The number of hydrogen-bond acceptors (Lipinski definition) is 9. The zero-order valence-corrected chi connectivity index (χ0v) is 20.8. The molecule has 192 valence electrons. The highest BCUT2D eigenvalue weighted by Gasteiger charge is 2.39. The number of sulfonamides is 1. The van der Waals surface area contributed by atoms with Gasteiger partial charge in [0.1, 0.15) is 22.3 Å². The number of nitrogens with zero attached hydrogens (tertiary/aromatic N) is 3. The van der Waals surface area contributed by atoms with E-state index in [-0.39, 0.29) is 29.6 Å². The molecule has 0 aliphatic carbocycles. The Morgan fingerprint density at radius 3 is 2.86 bits per heavy atom. The van der Waals surface area contributed by atoms with Crippen molar-refractivity contribution in [2.24, 2.45) is 0 Å². The molecule has 0 saturated carbocycles. The van der Waals surface area contributed by atoms with E-state index in [0.717, 1.165) is 5.52 Å². The smallest absolute Gasteiger partial charge is 0.310 e. The number of ether oxygens (including phenoxy) is 3. The zero-order valence-electron chi connectivity index (χ0n) is 20.0. The van der Waals surface area contributed by atoms with Crippen molar-refractivity contribution < 1.29 is 32.2 Å². The number of hydrogen-bond donors (Lipinski definition) is 2.